The SMILES string of the molecule is COc1ccc2c3c1OC1C(OP(=O)(O)OCCCCCCc4ccccc4)C=CC4C(C2)N(C)CCC341. The molecule has 7 nitrogen and oxygen atoms in total. The van der Waals surface area contributed by atoms with Crippen molar-refractivity contribution in [1.29, 1.82) is 0 Å². The van der Waals surface area contributed by atoms with Crippen LogP contribution in [0.25, 0.3) is 0 Å². The Labute approximate surface area is 225 Å². The third-order valence-corrected chi connectivity index (χ3v) is 10.1. The summed E-state index contributed by atoms with van der Waals surface area (Å²) in [6.45, 7) is 1.13. The summed E-state index contributed by atoms with van der Waals surface area (Å²) in [5.74, 6) is 1.73. The molecular formula is C30H38NO6P. The number of hydrogen-bond acceptors (Lipinski definition) is 6. The van der Waals surface area contributed by atoms with Crippen molar-refractivity contribution in [3.8, 4) is 11.5 Å². The molecule has 4 aliphatic rings. The van der Waals surface area contributed by atoms with Gasteiger partial charge in [0.1, 0.15) is 12.2 Å². The van der Waals surface area contributed by atoms with Crippen LogP contribution < -0.4 is 9.47 Å². The molecule has 1 spiro atoms. The molecule has 2 aliphatic heterocycles. The number of phosphoric acid groups is 1. The maximum atomic E-state index is 13.0. The van der Waals surface area contributed by atoms with Crippen molar-refractivity contribution in [2.75, 3.05) is 27.3 Å². The maximum Gasteiger partial charge on any atom is 0.472 e. The lowest BCUT2D eigenvalue weighted by atomic mass is 9.53. The molecule has 6 rings (SSSR count). The fourth-order valence-electron chi connectivity index (χ4n) is 7.25. The number of unbranched alkanes of at least 4 members (excludes halogenated alkanes) is 3. The van der Waals surface area contributed by atoms with Gasteiger partial charge >= 0.3 is 7.82 Å². The fraction of sp³-hybridized carbons (Fsp3) is 0.533. The van der Waals surface area contributed by atoms with Crippen molar-refractivity contribution in [3.63, 3.8) is 0 Å². The van der Waals surface area contributed by atoms with Gasteiger partial charge < -0.3 is 19.3 Å². The summed E-state index contributed by atoms with van der Waals surface area (Å²) < 4.78 is 36.5. The quantitative estimate of drug-likeness (QED) is 0.231. The second-order valence-corrected chi connectivity index (χ2v) is 12.6. The molecule has 0 amide bonds. The Balaban J connectivity index is 1.10. The number of aryl methyl sites for hydroxylation is 1. The first-order valence-corrected chi connectivity index (χ1v) is 15.4. The molecule has 0 aromatic heterocycles. The van der Waals surface area contributed by atoms with Crippen LogP contribution in [0.3, 0.4) is 0 Å². The van der Waals surface area contributed by atoms with Crippen LogP contribution in [-0.4, -0.2) is 55.4 Å². The van der Waals surface area contributed by atoms with Crippen molar-refractivity contribution < 1.29 is 28.0 Å². The monoisotopic (exact) mass is 539 g/mol. The number of phosphoric ester groups is 1. The number of benzene rings is 2. The first-order valence-electron chi connectivity index (χ1n) is 13.9. The molecule has 204 valence electrons. The number of nitrogens with zero attached hydrogens (tertiary/aromatic N) is 1. The Morgan fingerprint density at radius 2 is 1.92 bits per heavy atom. The van der Waals surface area contributed by atoms with Gasteiger partial charge in [-0.05, 0) is 62.9 Å². The van der Waals surface area contributed by atoms with Gasteiger partial charge in [-0.1, -0.05) is 61.4 Å². The zero-order chi connectivity index (χ0) is 26.3. The number of likely N-dealkylation sites (N-methyl/N-ethyl adjacent to an activating group) is 1. The predicted octanol–water partition coefficient (Wildman–Crippen LogP) is 5.45. The number of hydrogen-bond donors (Lipinski definition) is 1. The minimum Gasteiger partial charge on any atom is -0.493 e. The maximum absolute atomic E-state index is 13.0. The van der Waals surface area contributed by atoms with E-state index in [1.807, 2.05) is 18.2 Å². The standard InChI is InChI=1S/C30H38NO6P/c1-31-18-17-30-23-14-16-26(29(30)36-28-25(34-2)15-13-22(27(28)30)20-24(23)31)37-38(32,33)35-19-9-4-3-6-10-21-11-7-5-8-12-21/h5,7-8,11-16,23-24,26,29H,3-4,6,9-10,17-20H2,1-2H3,(H,32,33). The lowest BCUT2D eigenvalue weighted by molar-refractivity contribution is -0.0461. The zero-order valence-electron chi connectivity index (χ0n) is 22.3. The lowest BCUT2D eigenvalue weighted by Gasteiger charge is -2.56. The molecule has 2 aromatic carbocycles. The Morgan fingerprint density at radius 3 is 2.74 bits per heavy atom. The van der Waals surface area contributed by atoms with E-state index in [1.54, 1.807) is 7.11 Å². The first-order chi connectivity index (χ1) is 18.4. The third-order valence-electron chi connectivity index (χ3n) is 9.05. The fourth-order valence-corrected chi connectivity index (χ4v) is 8.16. The molecule has 0 radical (unpaired) electrons. The molecule has 38 heavy (non-hydrogen) atoms. The summed E-state index contributed by atoms with van der Waals surface area (Å²) in [6.07, 6.45) is 9.73. The summed E-state index contributed by atoms with van der Waals surface area (Å²) in [5.41, 5.74) is 3.53. The van der Waals surface area contributed by atoms with Crippen LogP contribution in [-0.2, 0) is 31.9 Å². The van der Waals surface area contributed by atoms with Crippen molar-refractivity contribution in [2.45, 2.75) is 68.6 Å². The van der Waals surface area contributed by atoms with Gasteiger partial charge in [0.15, 0.2) is 11.5 Å². The minimum absolute atomic E-state index is 0.194. The molecule has 2 aliphatic carbocycles. The van der Waals surface area contributed by atoms with Crippen molar-refractivity contribution in [2.24, 2.45) is 5.92 Å². The second-order valence-electron chi connectivity index (χ2n) is 11.1. The second kappa shape index (κ2) is 10.4. The number of methoxy groups -OCH3 is 1. The molecule has 1 saturated heterocycles. The van der Waals surface area contributed by atoms with Crippen molar-refractivity contribution in [3.05, 3.63) is 71.3 Å². The van der Waals surface area contributed by atoms with E-state index in [-0.39, 0.29) is 17.9 Å². The molecule has 2 heterocycles. The Kier molecular flexibility index (Phi) is 7.17. The average Bonchev–Trinajstić information content (AvgIpc) is 3.27. The number of rotatable bonds is 11. The highest BCUT2D eigenvalue weighted by atomic mass is 31.2. The smallest absolute Gasteiger partial charge is 0.472 e. The average molecular weight is 540 g/mol. The summed E-state index contributed by atoms with van der Waals surface area (Å²) >= 11 is 0. The molecule has 0 saturated carbocycles. The van der Waals surface area contributed by atoms with E-state index in [9.17, 15) is 9.46 Å². The summed E-state index contributed by atoms with van der Waals surface area (Å²) in [6, 6.07) is 14.9. The molecule has 8 heteroatoms. The largest absolute Gasteiger partial charge is 0.493 e. The highest BCUT2D eigenvalue weighted by Crippen LogP contribution is 2.63. The lowest BCUT2D eigenvalue weighted by Crippen LogP contribution is -2.65. The van der Waals surface area contributed by atoms with E-state index in [0.717, 1.165) is 57.2 Å². The van der Waals surface area contributed by atoms with Crippen LogP contribution in [0.1, 0.15) is 48.8 Å². The summed E-state index contributed by atoms with van der Waals surface area (Å²) in [5, 5.41) is 0. The molecule has 1 N–H and O–H groups in total. The van der Waals surface area contributed by atoms with Gasteiger partial charge in [-0.2, -0.15) is 0 Å². The van der Waals surface area contributed by atoms with Crippen LogP contribution in [0, 0.1) is 5.92 Å². The molecule has 6 atom stereocenters. The molecule has 2 bridgehead atoms. The topological polar surface area (TPSA) is 77.5 Å². The van der Waals surface area contributed by atoms with Crippen LogP contribution >= 0.6 is 7.82 Å². The van der Waals surface area contributed by atoms with Crippen molar-refractivity contribution >= 4 is 7.82 Å². The highest BCUT2D eigenvalue weighted by Gasteiger charge is 2.65. The van der Waals surface area contributed by atoms with Gasteiger partial charge in [0.05, 0.1) is 13.7 Å². The Hall–Kier alpha value is -2.15. The van der Waals surface area contributed by atoms with Gasteiger partial charge in [0, 0.05) is 22.9 Å². The molecule has 2 aromatic rings. The van der Waals surface area contributed by atoms with Crippen LogP contribution in [0.5, 0.6) is 11.5 Å². The van der Waals surface area contributed by atoms with E-state index in [4.69, 9.17) is 18.5 Å². The summed E-state index contributed by atoms with van der Waals surface area (Å²) in [4.78, 5) is 13.1. The highest BCUT2D eigenvalue weighted by molar-refractivity contribution is 7.47. The van der Waals surface area contributed by atoms with E-state index < -0.39 is 20.0 Å². The van der Waals surface area contributed by atoms with Gasteiger partial charge in [-0.25, -0.2) is 4.57 Å². The Bertz CT molecular complexity index is 1230. The predicted molar refractivity (Wildman–Crippen MR) is 146 cm³/mol. The number of piperidine rings is 1. The number of likely N-dealkylation sites (tertiary alicyclic amines) is 1. The van der Waals surface area contributed by atoms with Gasteiger partial charge in [-0.15, -0.1) is 0 Å². The van der Waals surface area contributed by atoms with Gasteiger partial charge in [0.2, 0.25) is 0 Å². The molecule has 6 unspecified atom stereocenters. The van der Waals surface area contributed by atoms with E-state index >= 15 is 0 Å². The molecule has 1 fully saturated rings. The van der Waals surface area contributed by atoms with E-state index in [1.165, 1.54) is 16.7 Å². The van der Waals surface area contributed by atoms with E-state index in [0.29, 0.717) is 11.8 Å². The first kappa shape index (κ1) is 26.1. The van der Waals surface area contributed by atoms with Crippen LogP contribution in [0.2, 0.25) is 0 Å². The van der Waals surface area contributed by atoms with Crippen LogP contribution in [0.4, 0.5) is 0 Å². The number of ether oxygens (including phenoxy) is 2. The minimum atomic E-state index is -4.26. The third kappa shape index (κ3) is 4.52. The summed E-state index contributed by atoms with van der Waals surface area (Å²) in [7, 11) is -0.422. The Morgan fingerprint density at radius 1 is 1.11 bits per heavy atom. The van der Waals surface area contributed by atoms with E-state index in [2.05, 4.69) is 48.4 Å². The van der Waals surface area contributed by atoms with Gasteiger partial charge in [0.25, 0.3) is 0 Å². The molecular weight excluding hydrogens is 501 g/mol. The zero-order valence-corrected chi connectivity index (χ0v) is 23.1. The van der Waals surface area contributed by atoms with Gasteiger partial charge in [-0.3, -0.25) is 9.05 Å². The van der Waals surface area contributed by atoms with Crippen LogP contribution in [0.15, 0.2) is 54.6 Å². The van der Waals surface area contributed by atoms with Crippen molar-refractivity contribution in [1.82, 2.24) is 4.90 Å². The normalized spacial score (nSPS) is 30.4.